The van der Waals surface area contributed by atoms with Crippen LogP contribution in [0.1, 0.15) is 30.9 Å². The van der Waals surface area contributed by atoms with Crippen molar-refractivity contribution in [1.29, 1.82) is 10.5 Å². The van der Waals surface area contributed by atoms with E-state index in [2.05, 4.69) is 16.2 Å². The van der Waals surface area contributed by atoms with E-state index in [9.17, 15) is 14.9 Å². The van der Waals surface area contributed by atoms with Crippen LogP contribution >= 0.6 is 0 Å². The number of aromatic amines is 1. The fourth-order valence-electron chi connectivity index (χ4n) is 4.31. The van der Waals surface area contributed by atoms with Crippen LogP contribution in [0.25, 0.3) is 27.9 Å². The lowest BCUT2D eigenvalue weighted by Crippen LogP contribution is -2.42. The molecule has 1 amide bonds. The number of hydrogen-bond acceptors (Lipinski definition) is 6. The first-order chi connectivity index (χ1) is 15.6. The van der Waals surface area contributed by atoms with E-state index in [1.54, 1.807) is 44.6 Å². The Balaban J connectivity index is 1.58. The summed E-state index contributed by atoms with van der Waals surface area (Å²) in [6.07, 6.45) is 4.71. The molecule has 1 aliphatic rings. The Morgan fingerprint density at radius 1 is 1.28 bits per heavy atom. The number of likely N-dealkylation sites (tertiary alicyclic amines) is 1. The van der Waals surface area contributed by atoms with E-state index in [-0.39, 0.29) is 24.1 Å². The van der Waals surface area contributed by atoms with Gasteiger partial charge in [0.05, 0.1) is 46.7 Å². The van der Waals surface area contributed by atoms with Gasteiger partial charge in [-0.15, -0.1) is 0 Å². The number of H-pyrrole nitrogens is 1. The van der Waals surface area contributed by atoms with Crippen molar-refractivity contribution in [2.75, 3.05) is 13.1 Å². The molecule has 0 bridgehead atoms. The van der Waals surface area contributed by atoms with Crippen molar-refractivity contribution in [1.82, 2.24) is 29.0 Å². The molecule has 0 spiro atoms. The van der Waals surface area contributed by atoms with Crippen molar-refractivity contribution >= 4 is 22.6 Å². The zero-order valence-corrected chi connectivity index (χ0v) is 17.0. The standard InChI is InChI=1S/C22H18N8O2/c23-7-5-20(31)28-8-1-2-15(13-28)30-21-18(27-22(30)32)4-3-17(26-21)16-12-25-29-9-6-14(11-24)10-19(16)29/h3-4,6,9-10,12,15H,1-2,5,8,13H2,(H,27,32). The topological polar surface area (TPSA) is 136 Å². The van der Waals surface area contributed by atoms with Gasteiger partial charge in [-0.3, -0.25) is 9.36 Å². The molecular formula is C22H18N8O2. The highest BCUT2D eigenvalue weighted by Crippen LogP contribution is 2.28. The highest BCUT2D eigenvalue weighted by atomic mass is 16.2. The van der Waals surface area contributed by atoms with Gasteiger partial charge in [-0.1, -0.05) is 0 Å². The summed E-state index contributed by atoms with van der Waals surface area (Å²) in [5, 5.41) is 22.4. The quantitative estimate of drug-likeness (QED) is 0.532. The maximum Gasteiger partial charge on any atom is 0.327 e. The molecule has 0 aromatic carbocycles. The summed E-state index contributed by atoms with van der Waals surface area (Å²) in [6.45, 7) is 0.942. The second-order valence-corrected chi connectivity index (χ2v) is 7.75. The number of nitrogens with zero attached hydrogens (tertiary/aromatic N) is 7. The molecule has 1 saturated heterocycles. The summed E-state index contributed by atoms with van der Waals surface area (Å²) < 4.78 is 3.28. The summed E-state index contributed by atoms with van der Waals surface area (Å²) in [7, 11) is 0. The van der Waals surface area contributed by atoms with E-state index in [1.807, 2.05) is 12.1 Å². The van der Waals surface area contributed by atoms with Crippen LogP contribution in [0.5, 0.6) is 0 Å². The van der Waals surface area contributed by atoms with Crippen molar-refractivity contribution < 1.29 is 4.79 Å². The van der Waals surface area contributed by atoms with Gasteiger partial charge in [0.2, 0.25) is 5.91 Å². The molecule has 0 radical (unpaired) electrons. The molecule has 10 heteroatoms. The number of hydrogen-bond donors (Lipinski definition) is 1. The molecular weight excluding hydrogens is 408 g/mol. The normalized spacial score (nSPS) is 16.2. The molecule has 4 aromatic rings. The zero-order chi connectivity index (χ0) is 22.2. The molecule has 1 fully saturated rings. The second kappa shape index (κ2) is 7.67. The molecule has 1 unspecified atom stereocenters. The average molecular weight is 426 g/mol. The number of amides is 1. The summed E-state index contributed by atoms with van der Waals surface area (Å²) in [4.78, 5) is 34.3. The predicted molar refractivity (Wildman–Crippen MR) is 114 cm³/mol. The van der Waals surface area contributed by atoms with Gasteiger partial charge in [-0.2, -0.15) is 15.6 Å². The molecule has 158 valence electrons. The van der Waals surface area contributed by atoms with Crippen molar-refractivity contribution in [3.63, 3.8) is 0 Å². The number of pyridine rings is 2. The number of rotatable bonds is 3. The van der Waals surface area contributed by atoms with Crippen LogP contribution in [0.2, 0.25) is 0 Å². The minimum absolute atomic E-state index is 0.169. The van der Waals surface area contributed by atoms with Crippen molar-refractivity contribution in [2.24, 2.45) is 0 Å². The number of fused-ring (bicyclic) bond motifs is 2. The molecule has 32 heavy (non-hydrogen) atoms. The fraction of sp³-hybridized carbons (Fsp3) is 0.273. The molecule has 5 heterocycles. The monoisotopic (exact) mass is 426 g/mol. The third kappa shape index (κ3) is 3.19. The highest BCUT2D eigenvalue weighted by Gasteiger charge is 2.27. The van der Waals surface area contributed by atoms with E-state index in [1.165, 1.54) is 0 Å². The van der Waals surface area contributed by atoms with Gasteiger partial charge in [-0.25, -0.2) is 14.3 Å². The Morgan fingerprint density at radius 3 is 2.97 bits per heavy atom. The number of aromatic nitrogens is 5. The van der Waals surface area contributed by atoms with Crippen LogP contribution in [-0.4, -0.2) is 48.0 Å². The largest absolute Gasteiger partial charge is 0.340 e. The lowest BCUT2D eigenvalue weighted by Gasteiger charge is -2.32. The molecule has 1 atom stereocenters. The highest BCUT2D eigenvalue weighted by molar-refractivity contribution is 5.83. The smallest absolute Gasteiger partial charge is 0.327 e. The van der Waals surface area contributed by atoms with E-state index < -0.39 is 0 Å². The third-order valence-electron chi connectivity index (χ3n) is 5.83. The van der Waals surface area contributed by atoms with E-state index in [0.717, 1.165) is 23.9 Å². The first-order valence-electron chi connectivity index (χ1n) is 10.2. The molecule has 10 nitrogen and oxygen atoms in total. The number of piperidine rings is 1. The van der Waals surface area contributed by atoms with E-state index in [4.69, 9.17) is 10.2 Å². The van der Waals surface area contributed by atoms with Crippen molar-refractivity contribution in [2.45, 2.75) is 25.3 Å². The summed E-state index contributed by atoms with van der Waals surface area (Å²) in [5.74, 6) is -0.224. The van der Waals surface area contributed by atoms with Crippen LogP contribution in [0.15, 0.2) is 41.5 Å². The Bertz CT molecular complexity index is 1500. The maximum absolute atomic E-state index is 12.8. The van der Waals surface area contributed by atoms with Gasteiger partial charge in [0.25, 0.3) is 0 Å². The summed E-state index contributed by atoms with van der Waals surface area (Å²) in [5.41, 5.74) is 3.46. The van der Waals surface area contributed by atoms with Crippen LogP contribution < -0.4 is 5.69 Å². The Morgan fingerprint density at radius 2 is 2.16 bits per heavy atom. The van der Waals surface area contributed by atoms with Gasteiger partial charge in [0.15, 0.2) is 5.65 Å². The second-order valence-electron chi connectivity index (χ2n) is 7.75. The predicted octanol–water partition coefficient (Wildman–Crippen LogP) is 1.99. The number of carbonyl (C=O) groups is 1. The number of imidazole rings is 1. The average Bonchev–Trinajstić information content (AvgIpc) is 3.38. The van der Waals surface area contributed by atoms with Gasteiger partial charge in [0, 0.05) is 24.8 Å². The van der Waals surface area contributed by atoms with Crippen LogP contribution in [0.4, 0.5) is 0 Å². The Kier molecular flexibility index (Phi) is 4.68. The lowest BCUT2D eigenvalue weighted by molar-refractivity contribution is -0.131. The first-order valence-corrected chi connectivity index (χ1v) is 10.2. The van der Waals surface area contributed by atoms with Gasteiger partial charge >= 0.3 is 5.69 Å². The van der Waals surface area contributed by atoms with E-state index in [0.29, 0.717) is 35.5 Å². The summed E-state index contributed by atoms with van der Waals surface area (Å²) in [6, 6.07) is 10.8. The lowest BCUT2D eigenvalue weighted by atomic mass is 10.0. The van der Waals surface area contributed by atoms with Crippen LogP contribution in [0, 0.1) is 22.7 Å². The molecule has 0 saturated carbocycles. The van der Waals surface area contributed by atoms with Gasteiger partial charge in [-0.05, 0) is 37.1 Å². The molecule has 0 aliphatic carbocycles. The fourth-order valence-corrected chi connectivity index (χ4v) is 4.31. The minimum atomic E-state index is -0.282. The first kappa shape index (κ1) is 19.5. The van der Waals surface area contributed by atoms with E-state index >= 15 is 0 Å². The third-order valence-corrected chi connectivity index (χ3v) is 5.83. The number of nitrogens with one attached hydrogen (secondary N) is 1. The van der Waals surface area contributed by atoms with Crippen LogP contribution in [-0.2, 0) is 4.79 Å². The van der Waals surface area contributed by atoms with Crippen LogP contribution in [0.3, 0.4) is 0 Å². The number of nitriles is 2. The number of carbonyl (C=O) groups excluding carboxylic acids is 1. The molecule has 4 aromatic heterocycles. The maximum atomic E-state index is 12.8. The van der Waals surface area contributed by atoms with Crippen molar-refractivity contribution in [3.8, 4) is 23.4 Å². The molecule has 1 aliphatic heterocycles. The SMILES string of the molecule is N#CCC(=O)N1CCCC(n2c(=O)[nH]c3ccc(-c4cnn5ccc(C#N)cc45)nc32)C1. The summed E-state index contributed by atoms with van der Waals surface area (Å²) >= 11 is 0. The Labute approximate surface area is 181 Å². The van der Waals surface area contributed by atoms with Gasteiger partial charge < -0.3 is 9.88 Å². The molecule has 5 rings (SSSR count). The zero-order valence-electron chi connectivity index (χ0n) is 17.0. The van der Waals surface area contributed by atoms with Crippen molar-refractivity contribution in [3.05, 3.63) is 52.7 Å². The Hall–Kier alpha value is -4.44. The molecule has 1 N–H and O–H groups in total. The van der Waals surface area contributed by atoms with Gasteiger partial charge in [0.1, 0.15) is 6.42 Å². The minimum Gasteiger partial charge on any atom is -0.340 e.